The first-order valence-electron chi connectivity index (χ1n) is 6.12. The first-order chi connectivity index (χ1) is 9.76. The van der Waals surface area contributed by atoms with Gasteiger partial charge in [-0.25, -0.2) is 4.98 Å². The molecule has 4 heteroatoms. The van der Waals surface area contributed by atoms with Gasteiger partial charge in [-0.15, -0.1) is 0 Å². The maximum atomic E-state index is 5.88. The Morgan fingerprint density at radius 2 is 1.70 bits per heavy atom. The average Bonchev–Trinajstić information content (AvgIpc) is 2.49. The van der Waals surface area contributed by atoms with Crippen LogP contribution in [0.25, 0.3) is 10.8 Å². The Balaban J connectivity index is 2.04. The Morgan fingerprint density at radius 3 is 2.45 bits per heavy atom. The van der Waals surface area contributed by atoms with E-state index in [0.717, 1.165) is 22.3 Å². The van der Waals surface area contributed by atoms with Gasteiger partial charge in [-0.3, -0.25) is 0 Å². The number of aromatic nitrogens is 1. The van der Waals surface area contributed by atoms with Crippen LogP contribution in [-0.2, 0) is 0 Å². The highest BCUT2D eigenvalue weighted by Crippen LogP contribution is 2.30. The van der Waals surface area contributed by atoms with Gasteiger partial charge in [0.2, 0.25) is 5.88 Å². The van der Waals surface area contributed by atoms with Crippen molar-refractivity contribution in [3.05, 3.63) is 58.3 Å². The highest BCUT2D eigenvalue weighted by atomic mass is 127. The lowest BCUT2D eigenvalue weighted by molar-refractivity contribution is 0.415. The van der Waals surface area contributed by atoms with Crippen molar-refractivity contribution in [3.8, 4) is 17.4 Å². The molecule has 0 radical (unpaired) electrons. The molecule has 3 rings (SSSR count). The highest BCUT2D eigenvalue weighted by molar-refractivity contribution is 14.1. The van der Waals surface area contributed by atoms with Crippen LogP contribution in [0.1, 0.15) is 0 Å². The molecule has 0 N–H and O–H groups in total. The van der Waals surface area contributed by atoms with E-state index in [1.54, 1.807) is 13.3 Å². The van der Waals surface area contributed by atoms with Gasteiger partial charge in [-0.1, -0.05) is 6.07 Å². The van der Waals surface area contributed by atoms with E-state index in [-0.39, 0.29) is 0 Å². The number of hydrogen-bond donors (Lipinski definition) is 0. The van der Waals surface area contributed by atoms with Crippen molar-refractivity contribution in [2.75, 3.05) is 7.11 Å². The molecule has 0 spiro atoms. The van der Waals surface area contributed by atoms with Gasteiger partial charge in [-0.05, 0) is 70.4 Å². The fourth-order valence-corrected chi connectivity index (χ4v) is 2.30. The molecule has 0 atom stereocenters. The molecule has 20 heavy (non-hydrogen) atoms. The zero-order valence-electron chi connectivity index (χ0n) is 10.8. The van der Waals surface area contributed by atoms with E-state index < -0.39 is 0 Å². The molecule has 2 aromatic carbocycles. The summed E-state index contributed by atoms with van der Waals surface area (Å²) in [5.41, 5.74) is 0. The molecule has 0 aliphatic rings. The molecule has 1 heterocycles. The van der Waals surface area contributed by atoms with Gasteiger partial charge >= 0.3 is 0 Å². The Morgan fingerprint density at radius 1 is 0.950 bits per heavy atom. The summed E-state index contributed by atoms with van der Waals surface area (Å²) in [5, 5.41) is 2.01. The Kier molecular flexibility index (Phi) is 3.73. The van der Waals surface area contributed by atoms with Crippen molar-refractivity contribution in [2.24, 2.45) is 0 Å². The van der Waals surface area contributed by atoms with E-state index in [1.807, 2.05) is 48.5 Å². The fourth-order valence-electron chi connectivity index (χ4n) is 1.94. The monoisotopic (exact) mass is 377 g/mol. The molecule has 3 aromatic rings. The minimum Gasteiger partial charge on any atom is -0.497 e. The lowest BCUT2D eigenvalue weighted by Crippen LogP contribution is -1.90. The summed E-state index contributed by atoms with van der Waals surface area (Å²) >= 11 is 2.26. The van der Waals surface area contributed by atoms with E-state index in [9.17, 15) is 0 Å². The van der Waals surface area contributed by atoms with Crippen LogP contribution in [0.2, 0.25) is 0 Å². The van der Waals surface area contributed by atoms with Gasteiger partial charge in [0, 0.05) is 15.2 Å². The summed E-state index contributed by atoms with van der Waals surface area (Å²) in [7, 11) is 1.65. The lowest BCUT2D eigenvalue weighted by atomic mass is 10.1. The second-order valence-electron chi connectivity index (χ2n) is 4.26. The minimum absolute atomic E-state index is 0.586. The molecule has 0 fully saturated rings. The number of rotatable bonds is 3. The number of pyridine rings is 1. The molecule has 0 aliphatic heterocycles. The van der Waals surface area contributed by atoms with Crippen LogP contribution in [0.3, 0.4) is 0 Å². The largest absolute Gasteiger partial charge is 0.497 e. The van der Waals surface area contributed by atoms with E-state index in [1.165, 1.54) is 3.57 Å². The van der Waals surface area contributed by atoms with Gasteiger partial charge in [-0.2, -0.15) is 0 Å². The molecule has 0 saturated heterocycles. The number of halogens is 1. The van der Waals surface area contributed by atoms with Crippen LogP contribution in [0.15, 0.2) is 54.7 Å². The summed E-state index contributed by atoms with van der Waals surface area (Å²) < 4.78 is 12.3. The van der Waals surface area contributed by atoms with Crippen LogP contribution >= 0.6 is 22.6 Å². The summed E-state index contributed by atoms with van der Waals surface area (Å²) in [6.07, 6.45) is 1.75. The van der Waals surface area contributed by atoms with Crippen molar-refractivity contribution in [2.45, 2.75) is 0 Å². The fraction of sp³-hybridized carbons (Fsp3) is 0.0625. The Labute approximate surface area is 130 Å². The van der Waals surface area contributed by atoms with E-state index in [0.29, 0.717) is 5.88 Å². The van der Waals surface area contributed by atoms with Crippen LogP contribution in [-0.4, -0.2) is 12.1 Å². The van der Waals surface area contributed by atoms with Crippen molar-refractivity contribution in [3.63, 3.8) is 0 Å². The second-order valence-corrected chi connectivity index (χ2v) is 5.50. The number of fused-ring (bicyclic) bond motifs is 1. The van der Waals surface area contributed by atoms with E-state index in [4.69, 9.17) is 9.47 Å². The van der Waals surface area contributed by atoms with Gasteiger partial charge in [0.15, 0.2) is 0 Å². The first kappa shape index (κ1) is 13.2. The van der Waals surface area contributed by atoms with Crippen LogP contribution in [0.5, 0.6) is 17.4 Å². The zero-order chi connectivity index (χ0) is 13.9. The molecular formula is C16H12INO2. The number of nitrogens with zero attached hydrogens (tertiary/aromatic N) is 1. The Bertz CT molecular complexity index is 741. The first-order valence-corrected chi connectivity index (χ1v) is 7.20. The quantitative estimate of drug-likeness (QED) is 0.624. The van der Waals surface area contributed by atoms with E-state index in [2.05, 4.69) is 27.6 Å². The molecular weight excluding hydrogens is 365 g/mol. The molecule has 0 bridgehead atoms. The number of ether oxygens (including phenoxy) is 2. The predicted octanol–water partition coefficient (Wildman–Crippen LogP) is 4.64. The standard InChI is InChI=1S/C16H12INO2/c1-19-14-5-2-11-8-9-18-16(15(11)10-14)20-13-6-3-12(17)4-7-13/h2-10H,1H3. The van der Waals surface area contributed by atoms with E-state index >= 15 is 0 Å². The third kappa shape index (κ3) is 2.70. The van der Waals surface area contributed by atoms with Gasteiger partial charge in [0.1, 0.15) is 11.5 Å². The van der Waals surface area contributed by atoms with Crippen molar-refractivity contribution in [1.29, 1.82) is 0 Å². The summed E-state index contributed by atoms with van der Waals surface area (Å²) in [6.45, 7) is 0. The Hall–Kier alpha value is -1.82. The summed E-state index contributed by atoms with van der Waals surface area (Å²) in [5.74, 6) is 2.15. The molecule has 0 amide bonds. The maximum absolute atomic E-state index is 5.88. The maximum Gasteiger partial charge on any atom is 0.227 e. The summed E-state index contributed by atoms with van der Waals surface area (Å²) in [4.78, 5) is 4.32. The molecule has 100 valence electrons. The zero-order valence-corrected chi connectivity index (χ0v) is 13.0. The minimum atomic E-state index is 0.586. The molecule has 0 unspecified atom stereocenters. The topological polar surface area (TPSA) is 31.4 Å². The average molecular weight is 377 g/mol. The molecule has 3 nitrogen and oxygen atoms in total. The van der Waals surface area contributed by atoms with Gasteiger partial charge < -0.3 is 9.47 Å². The third-order valence-electron chi connectivity index (χ3n) is 2.96. The smallest absolute Gasteiger partial charge is 0.227 e. The van der Waals surface area contributed by atoms with Crippen LogP contribution in [0.4, 0.5) is 0 Å². The van der Waals surface area contributed by atoms with Crippen LogP contribution < -0.4 is 9.47 Å². The van der Waals surface area contributed by atoms with Crippen molar-refractivity contribution < 1.29 is 9.47 Å². The molecule has 1 aromatic heterocycles. The van der Waals surface area contributed by atoms with Crippen molar-refractivity contribution in [1.82, 2.24) is 4.98 Å². The third-order valence-corrected chi connectivity index (χ3v) is 3.68. The van der Waals surface area contributed by atoms with Gasteiger partial charge in [0.05, 0.1) is 7.11 Å². The van der Waals surface area contributed by atoms with Crippen molar-refractivity contribution >= 4 is 33.4 Å². The number of methoxy groups -OCH3 is 1. The SMILES string of the molecule is COc1ccc2ccnc(Oc3ccc(I)cc3)c2c1. The number of hydrogen-bond acceptors (Lipinski definition) is 3. The van der Waals surface area contributed by atoms with Gasteiger partial charge in [0.25, 0.3) is 0 Å². The second kappa shape index (κ2) is 5.66. The highest BCUT2D eigenvalue weighted by Gasteiger charge is 2.06. The molecule has 0 aliphatic carbocycles. The lowest BCUT2D eigenvalue weighted by Gasteiger charge is -2.09. The predicted molar refractivity (Wildman–Crippen MR) is 87.5 cm³/mol. The van der Waals surface area contributed by atoms with Crippen LogP contribution in [0, 0.1) is 3.57 Å². The summed E-state index contributed by atoms with van der Waals surface area (Å²) in [6, 6.07) is 15.7. The number of benzene rings is 2. The normalized spacial score (nSPS) is 10.5. The molecule has 0 saturated carbocycles.